The van der Waals surface area contributed by atoms with Crippen LogP contribution in [0.1, 0.15) is 23.7 Å². The monoisotopic (exact) mass is 401 g/mol. The van der Waals surface area contributed by atoms with Crippen molar-refractivity contribution in [2.24, 2.45) is 0 Å². The topological polar surface area (TPSA) is 57.8 Å². The largest absolute Gasteiger partial charge is 0.309 e. The molecule has 7 heteroatoms. The third-order valence-electron chi connectivity index (χ3n) is 4.20. The fourth-order valence-electron chi connectivity index (χ4n) is 2.84. The van der Waals surface area contributed by atoms with E-state index in [0.717, 1.165) is 16.0 Å². The van der Waals surface area contributed by atoms with Crippen LogP contribution in [-0.4, -0.2) is 9.97 Å². The van der Waals surface area contributed by atoms with E-state index in [4.69, 9.17) is 11.6 Å². The quantitative estimate of drug-likeness (QED) is 0.482. The number of fused-ring (bicyclic) bond motifs is 1. The summed E-state index contributed by atoms with van der Waals surface area (Å²) in [5, 5.41) is 8.63. The van der Waals surface area contributed by atoms with Crippen LogP contribution in [-0.2, 0) is 6.54 Å². The van der Waals surface area contributed by atoms with E-state index in [1.54, 1.807) is 11.3 Å². The Labute approximate surface area is 163 Å². The van der Waals surface area contributed by atoms with Crippen LogP contribution in [0.15, 0.2) is 52.0 Å². The smallest absolute Gasteiger partial charge is 0.260 e. The SMILES string of the molecule is C[C@@H](NCc1nc2scc(-c3ccccc3Cl)c2c(=O)[nH]1)c1cccs1. The van der Waals surface area contributed by atoms with Gasteiger partial charge in [-0.05, 0) is 24.4 Å². The van der Waals surface area contributed by atoms with Crippen LogP contribution in [0.25, 0.3) is 21.3 Å². The second kappa shape index (κ2) is 7.32. The first kappa shape index (κ1) is 17.4. The summed E-state index contributed by atoms with van der Waals surface area (Å²) in [6, 6.07) is 11.9. The number of thiophene rings is 2. The Balaban J connectivity index is 1.64. The van der Waals surface area contributed by atoms with Gasteiger partial charge in [0.1, 0.15) is 10.7 Å². The van der Waals surface area contributed by atoms with Gasteiger partial charge in [0.05, 0.1) is 11.9 Å². The Bertz CT molecular complexity index is 1100. The summed E-state index contributed by atoms with van der Waals surface area (Å²) in [5.74, 6) is 0.637. The van der Waals surface area contributed by atoms with Crippen molar-refractivity contribution in [1.29, 1.82) is 0 Å². The number of benzene rings is 1. The van der Waals surface area contributed by atoms with Gasteiger partial charge in [-0.15, -0.1) is 22.7 Å². The molecule has 26 heavy (non-hydrogen) atoms. The molecule has 0 amide bonds. The molecule has 4 aromatic rings. The number of aromatic nitrogens is 2. The van der Waals surface area contributed by atoms with Gasteiger partial charge in [-0.3, -0.25) is 4.79 Å². The molecule has 3 heterocycles. The van der Waals surface area contributed by atoms with Crippen LogP contribution in [0.3, 0.4) is 0 Å². The highest BCUT2D eigenvalue weighted by atomic mass is 35.5. The molecule has 0 bridgehead atoms. The number of H-pyrrole nitrogens is 1. The number of rotatable bonds is 5. The average Bonchev–Trinajstić information content (AvgIpc) is 3.30. The number of hydrogen-bond donors (Lipinski definition) is 2. The Morgan fingerprint density at radius 1 is 1.19 bits per heavy atom. The molecule has 0 radical (unpaired) electrons. The third-order valence-corrected chi connectivity index (χ3v) is 6.46. The predicted molar refractivity (Wildman–Crippen MR) is 110 cm³/mol. The first-order chi connectivity index (χ1) is 12.6. The maximum atomic E-state index is 12.7. The Kier molecular flexibility index (Phi) is 4.91. The molecule has 0 spiro atoms. The van der Waals surface area contributed by atoms with Gasteiger partial charge in [0, 0.05) is 32.4 Å². The van der Waals surface area contributed by atoms with Crippen molar-refractivity contribution in [3.63, 3.8) is 0 Å². The minimum Gasteiger partial charge on any atom is -0.309 e. The summed E-state index contributed by atoms with van der Waals surface area (Å²) in [6.45, 7) is 2.60. The standard InChI is InChI=1S/C19H16ClN3OS2/c1-11(15-7-4-8-25-15)21-9-16-22-18(24)17-13(10-26-19(17)23-16)12-5-2-3-6-14(12)20/h2-8,10-11,21H,9H2,1H3,(H,22,23,24)/t11-/m1/s1. The lowest BCUT2D eigenvalue weighted by molar-refractivity contribution is 0.567. The number of aromatic amines is 1. The van der Waals surface area contributed by atoms with Crippen molar-refractivity contribution in [3.05, 3.63) is 73.2 Å². The van der Waals surface area contributed by atoms with Gasteiger partial charge in [0.15, 0.2) is 0 Å². The first-order valence-corrected chi connectivity index (χ1v) is 10.3. The molecule has 4 nitrogen and oxygen atoms in total. The summed E-state index contributed by atoms with van der Waals surface area (Å²) in [5.41, 5.74) is 1.55. The van der Waals surface area contributed by atoms with Crippen molar-refractivity contribution < 1.29 is 0 Å². The lowest BCUT2D eigenvalue weighted by atomic mass is 10.1. The second-order valence-electron chi connectivity index (χ2n) is 5.94. The molecular weight excluding hydrogens is 386 g/mol. The summed E-state index contributed by atoms with van der Waals surface area (Å²) >= 11 is 9.47. The Morgan fingerprint density at radius 3 is 2.81 bits per heavy atom. The molecule has 0 aliphatic heterocycles. The van der Waals surface area contributed by atoms with E-state index in [9.17, 15) is 4.79 Å². The highest BCUT2D eigenvalue weighted by molar-refractivity contribution is 7.17. The average molecular weight is 402 g/mol. The van der Waals surface area contributed by atoms with E-state index >= 15 is 0 Å². The summed E-state index contributed by atoms with van der Waals surface area (Å²) in [4.78, 5) is 22.2. The minimum atomic E-state index is -0.133. The second-order valence-corrected chi connectivity index (χ2v) is 8.18. The molecule has 0 aliphatic carbocycles. The predicted octanol–water partition coefficient (Wildman–Crippen LogP) is 5.22. The van der Waals surface area contributed by atoms with Crippen LogP contribution >= 0.6 is 34.3 Å². The fourth-order valence-corrected chi connectivity index (χ4v) is 4.80. The Hall–Kier alpha value is -1.99. The van der Waals surface area contributed by atoms with Gasteiger partial charge < -0.3 is 10.3 Å². The van der Waals surface area contributed by atoms with Gasteiger partial charge in [-0.1, -0.05) is 35.9 Å². The van der Waals surface area contributed by atoms with Crippen molar-refractivity contribution in [2.75, 3.05) is 0 Å². The molecule has 1 atom stereocenters. The molecule has 0 aliphatic rings. The van der Waals surface area contributed by atoms with Gasteiger partial charge in [-0.2, -0.15) is 0 Å². The zero-order valence-corrected chi connectivity index (χ0v) is 16.3. The molecule has 0 saturated heterocycles. The maximum absolute atomic E-state index is 12.7. The molecule has 2 N–H and O–H groups in total. The van der Waals surface area contributed by atoms with E-state index < -0.39 is 0 Å². The van der Waals surface area contributed by atoms with Crippen LogP contribution in [0.2, 0.25) is 5.02 Å². The van der Waals surface area contributed by atoms with Crippen LogP contribution in [0.4, 0.5) is 0 Å². The minimum absolute atomic E-state index is 0.133. The fraction of sp³-hybridized carbons (Fsp3) is 0.158. The molecule has 1 aromatic carbocycles. The maximum Gasteiger partial charge on any atom is 0.260 e. The molecule has 4 rings (SSSR count). The number of nitrogens with zero attached hydrogens (tertiary/aromatic N) is 1. The van der Waals surface area contributed by atoms with E-state index in [2.05, 4.69) is 33.7 Å². The third kappa shape index (κ3) is 3.33. The molecule has 132 valence electrons. The zero-order valence-electron chi connectivity index (χ0n) is 14.0. The van der Waals surface area contributed by atoms with Gasteiger partial charge in [0.2, 0.25) is 0 Å². The summed E-state index contributed by atoms with van der Waals surface area (Å²) in [7, 11) is 0. The van der Waals surface area contributed by atoms with Gasteiger partial charge >= 0.3 is 0 Å². The first-order valence-electron chi connectivity index (χ1n) is 8.15. The van der Waals surface area contributed by atoms with Gasteiger partial charge in [-0.25, -0.2) is 4.98 Å². The highest BCUT2D eigenvalue weighted by Crippen LogP contribution is 2.34. The number of nitrogens with one attached hydrogen (secondary N) is 2. The molecule has 0 fully saturated rings. The van der Waals surface area contributed by atoms with Gasteiger partial charge in [0.25, 0.3) is 5.56 Å². The normalized spacial score (nSPS) is 12.5. The lowest BCUT2D eigenvalue weighted by Gasteiger charge is -2.11. The van der Waals surface area contributed by atoms with Crippen molar-refractivity contribution in [3.8, 4) is 11.1 Å². The van der Waals surface area contributed by atoms with E-state index in [1.807, 2.05) is 35.7 Å². The highest BCUT2D eigenvalue weighted by Gasteiger charge is 2.15. The van der Waals surface area contributed by atoms with Crippen LogP contribution < -0.4 is 10.9 Å². The van der Waals surface area contributed by atoms with Crippen molar-refractivity contribution in [2.45, 2.75) is 19.5 Å². The number of halogens is 1. The summed E-state index contributed by atoms with van der Waals surface area (Å²) in [6.07, 6.45) is 0. The molecule has 0 saturated carbocycles. The van der Waals surface area contributed by atoms with Crippen LogP contribution in [0, 0.1) is 0 Å². The molecule has 3 aromatic heterocycles. The zero-order chi connectivity index (χ0) is 18.1. The lowest BCUT2D eigenvalue weighted by Crippen LogP contribution is -2.21. The van der Waals surface area contributed by atoms with E-state index in [0.29, 0.717) is 22.8 Å². The van der Waals surface area contributed by atoms with Crippen LogP contribution in [0.5, 0.6) is 0 Å². The van der Waals surface area contributed by atoms with Crippen molar-refractivity contribution >= 4 is 44.5 Å². The Morgan fingerprint density at radius 2 is 2.04 bits per heavy atom. The van der Waals surface area contributed by atoms with E-state index in [-0.39, 0.29) is 11.6 Å². The molecular formula is C19H16ClN3OS2. The molecule has 0 unspecified atom stereocenters. The van der Waals surface area contributed by atoms with Crippen molar-refractivity contribution in [1.82, 2.24) is 15.3 Å². The number of hydrogen-bond acceptors (Lipinski definition) is 5. The summed E-state index contributed by atoms with van der Waals surface area (Å²) < 4.78 is 0. The van der Waals surface area contributed by atoms with E-state index in [1.165, 1.54) is 16.2 Å².